The van der Waals surface area contributed by atoms with Gasteiger partial charge in [-0.25, -0.2) is 4.98 Å². The first-order valence-electron chi connectivity index (χ1n) is 15.5. The highest BCUT2D eigenvalue weighted by Gasteiger charge is 2.26. The Hall–Kier alpha value is -4.80. The number of benzene rings is 3. The van der Waals surface area contributed by atoms with Crippen molar-refractivity contribution in [3.8, 4) is 22.5 Å². The van der Waals surface area contributed by atoms with Crippen LogP contribution in [-0.4, -0.2) is 66.2 Å². The first-order valence-corrected chi connectivity index (χ1v) is 15.8. The van der Waals surface area contributed by atoms with Gasteiger partial charge in [-0.1, -0.05) is 91.7 Å². The molecular weight excluding hydrogens is 600 g/mol. The number of ether oxygens (including phenoxy) is 1. The number of H-pyrrole nitrogens is 2. The highest BCUT2D eigenvalue weighted by molar-refractivity contribution is 6.30. The molecule has 2 N–H and O–H groups in total. The van der Waals surface area contributed by atoms with Gasteiger partial charge in [0.05, 0.1) is 5.69 Å². The van der Waals surface area contributed by atoms with Crippen LogP contribution in [0.2, 0.25) is 5.15 Å². The van der Waals surface area contributed by atoms with Crippen LogP contribution in [0.1, 0.15) is 42.4 Å². The minimum atomic E-state index is -0.461. The maximum absolute atomic E-state index is 13.5. The Morgan fingerprint density at radius 3 is 2.52 bits per heavy atom. The molecule has 46 heavy (non-hydrogen) atoms. The van der Waals surface area contributed by atoms with Gasteiger partial charge in [-0.2, -0.15) is 5.21 Å². The molecule has 6 aromatic rings. The summed E-state index contributed by atoms with van der Waals surface area (Å²) in [7, 11) is 3.79. The summed E-state index contributed by atoms with van der Waals surface area (Å²) in [5.41, 5.74) is 6.83. The average Bonchev–Trinajstić information content (AvgIpc) is 3.82. The Bertz CT molecular complexity index is 1910. The Kier molecular flexibility index (Phi) is 9.56. The number of nitrogens with one attached hydrogen (secondary N) is 2. The van der Waals surface area contributed by atoms with E-state index in [2.05, 4.69) is 67.4 Å². The molecule has 10 nitrogen and oxygen atoms in total. The number of halogens is 1. The van der Waals surface area contributed by atoms with Gasteiger partial charge in [-0.05, 0) is 54.0 Å². The second kappa shape index (κ2) is 14.1. The number of hydrogen-bond acceptors (Lipinski definition) is 7. The molecule has 0 spiro atoms. The molecule has 0 radical (unpaired) electrons. The lowest BCUT2D eigenvalue weighted by molar-refractivity contribution is -0.150. The third-order valence-electron chi connectivity index (χ3n) is 8.31. The van der Waals surface area contributed by atoms with Crippen molar-refractivity contribution in [1.82, 2.24) is 40.1 Å². The first-order chi connectivity index (χ1) is 22.4. The maximum atomic E-state index is 13.5. The van der Waals surface area contributed by atoms with E-state index in [1.54, 1.807) is 0 Å². The number of carbonyl (C=O) groups excluding carboxylic acids is 1. The van der Waals surface area contributed by atoms with Gasteiger partial charge in [-0.15, -0.1) is 10.2 Å². The number of carbonyl (C=O) groups is 1. The van der Waals surface area contributed by atoms with Crippen LogP contribution in [0.15, 0.2) is 79.0 Å². The zero-order valence-corrected chi connectivity index (χ0v) is 27.0. The van der Waals surface area contributed by atoms with E-state index in [4.69, 9.17) is 21.3 Å². The molecule has 3 aromatic carbocycles. The summed E-state index contributed by atoms with van der Waals surface area (Å²) in [6, 6.07) is 24.0. The summed E-state index contributed by atoms with van der Waals surface area (Å²) >= 11 is 6.72. The van der Waals surface area contributed by atoms with Crippen LogP contribution in [0.5, 0.6) is 0 Å². The van der Waals surface area contributed by atoms with E-state index in [1.807, 2.05) is 67.7 Å². The second-order valence-corrected chi connectivity index (χ2v) is 11.9. The summed E-state index contributed by atoms with van der Waals surface area (Å²) < 4.78 is 8.05. The van der Waals surface area contributed by atoms with E-state index in [1.165, 1.54) is 0 Å². The van der Waals surface area contributed by atoms with Crippen molar-refractivity contribution >= 4 is 28.5 Å². The summed E-state index contributed by atoms with van der Waals surface area (Å²) in [6.07, 6.45) is 5.27. The van der Waals surface area contributed by atoms with Crippen LogP contribution in [-0.2, 0) is 35.5 Å². The largest absolute Gasteiger partial charge is 0.458 e. The third-order valence-corrected chi connectivity index (χ3v) is 8.61. The molecule has 0 saturated carbocycles. The zero-order valence-electron chi connectivity index (χ0n) is 26.2. The van der Waals surface area contributed by atoms with Crippen LogP contribution < -0.4 is 0 Å². The molecular formula is C35H37ClN8O2. The number of hydrogen-bond donors (Lipinski definition) is 2. The number of esters is 1. The van der Waals surface area contributed by atoms with E-state index in [0.29, 0.717) is 29.6 Å². The fourth-order valence-electron chi connectivity index (χ4n) is 5.75. The standard InChI is InChI=1S/C35H37ClN8O2/c1-4-5-14-32-38-33(36)31(22-46-35(45)30(43(2)3)19-25-20-37-29-13-9-8-11-27(25)29)44(32)21-23-15-17-24(18-16-23)26-10-6-7-12-28(26)34-39-41-42-40-34/h6-13,15-18,20,30,37H,4-5,14,19,21-22H2,1-3H3,(H,39,40,41,42)/t30-/m1/s1. The number of aromatic nitrogens is 7. The van der Waals surface area contributed by atoms with Gasteiger partial charge >= 0.3 is 5.97 Å². The van der Waals surface area contributed by atoms with Crippen molar-refractivity contribution in [3.05, 3.63) is 107 Å². The number of aromatic amines is 2. The molecule has 3 heterocycles. The lowest BCUT2D eigenvalue weighted by Gasteiger charge is -2.23. The molecule has 0 aliphatic heterocycles. The van der Waals surface area contributed by atoms with Crippen molar-refractivity contribution in [2.75, 3.05) is 14.1 Å². The minimum absolute atomic E-state index is 0.0329. The number of tetrazole rings is 1. The first kappa shape index (κ1) is 31.2. The van der Waals surface area contributed by atoms with E-state index in [9.17, 15) is 4.79 Å². The number of aryl methyl sites for hydroxylation is 1. The van der Waals surface area contributed by atoms with Crippen LogP contribution in [0.4, 0.5) is 0 Å². The molecule has 0 aliphatic rings. The number of rotatable bonds is 13. The molecule has 0 bridgehead atoms. The number of unbranched alkanes of at least 4 members (excludes halogenated alkanes) is 1. The van der Waals surface area contributed by atoms with Crippen molar-refractivity contribution in [1.29, 1.82) is 0 Å². The number of para-hydroxylation sites is 1. The van der Waals surface area contributed by atoms with Crippen molar-refractivity contribution in [2.45, 2.75) is 51.8 Å². The average molecular weight is 637 g/mol. The quantitative estimate of drug-likeness (QED) is 0.140. The molecule has 0 aliphatic carbocycles. The summed E-state index contributed by atoms with van der Waals surface area (Å²) in [4.78, 5) is 23.4. The van der Waals surface area contributed by atoms with Gasteiger partial charge in [0.15, 0.2) is 5.15 Å². The van der Waals surface area contributed by atoms with Crippen LogP contribution in [0.3, 0.4) is 0 Å². The van der Waals surface area contributed by atoms with Gasteiger partial charge in [0.1, 0.15) is 18.5 Å². The number of imidazole rings is 1. The highest BCUT2D eigenvalue weighted by atomic mass is 35.5. The zero-order chi connectivity index (χ0) is 32.0. The van der Waals surface area contributed by atoms with Crippen LogP contribution in [0, 0.1) is 0 Å². The van der Waals surface area contributed by atoms with Crippen LogP contribution >= 0.6 is 11.6 Å². The Labute approximate surface area is 272 Å². The number of likely N-dealkylation sites (N-methyl/N-ethyl adjacent to an activating group) is 1. The normalized spacial score (nSPS) is 12.2. The van der Waals surface area contributed by atoms with E-state index in [-0.39, 0.29) is 12.6 Å². The number of fused-ring (bicyclic) bond motifs is 1. The van der Waals surface area contributed by atoms with Crippen LogP contribution in [0.25, 0.3) is 33.4 Å². The molecule has 0 unspecified atom stereocenters. The topological polar surface area (TPSA) is 118 Å². The fourth-order valence-corrected chi connectivity index (χ4v) is 6.01. The lowest BCUT2D eigenvalue weighted by Crippen LogP contribution is -2.39. The monoisotopic (exact) mass is 636 g/mol. The molecule has 1 atom stereocenters. The Balaban J connectivity index is 1.21. The van der Waals surface area contributed by atoms with Gasteiger partial charge < -0.3 is 14.3 Å². The van der Waals surface area contributed by atoms with Gasteiger partial charge in [0.25, 0.3) is 0 Å². The predicted molar refractivity (Wildman–Crippen MR) is 179 cm³/mol. The van der Waals surface area contributed by atoms with E-state index >= 15 is 0 Å². The smallest absolute Gasteiger partial charge is 0.324 e. The minimum Gasteiger partial charge on any atom is -0.458 e. The van der Waals surface area contributed by atoms with Crippen molar-refractivity contribution in [2.24, 2.45) is 0 Å². The molecule has 3 aromatic heterocycles. The van der Waals surface area contributed by atoms with Gasteiger partial charge in [0, 0.05) is 42.0 Å². The predicted octanol–water partition coefficient (Wildman–Crippen LogP) is 6.47. The Morgan fingerprint density at radius 1 is 1.02 bits per heavy atom. The molecule has 0 fully saturated rings. The third kappa shape index (κ3) is 6.73. The Morgan fingerprint density at radius 2 is 1.78 bits per heavy atom. The summed E-state index contributed by atoms with van der Waals surface area (Å²) in [5.74, 6) is 1.12. The highest BCUT2D eigenvalue weighted by Crippen LogP contribution is 2.30. The van der Waals surface area contributed by atoms with E-state index < -0.39 is 6.04 Å². The fraction of sp³-hybridized carbons (Fsp3) is 0.286. The molecule has 6 rings (SSSR count). The van der Waals surface area contributed by atoms with Crippen molar-refractivity contribution in [3.63, 3.8) is 0 Å². The maximum Gasteiger partial charge on any atom is 0.324 e. The lowest BCUT2D eigenvalue weighted by atomic mass is 9.98. The molecule has 0 saturated heterocycles. The van der Waals surface area contributed by atoms with E-state index in [0.717, 1.165) is 63.8 Å². The van der Waals surface area contributed by atoms with Crippen molar-refractivity contribution < 1.29 is 9.53 Å². The molecule has 236 valence electrons. The van der Waals surface area contributed by atoms with Gasteiger partial charge in [-0.3, -0.25) is 9.69 Å². The molecule has 0 amide bonds. The number of nitrogens with zero attached hydrogens (tertiary/aromatic N) is 6. The van der Waals surface area contributed by atoms with Gasteiger partial charge in [0.2, 0.25) is 5.82 Å². The second-order valence-electron chi connectivity index (χ2n) is 11.6. The SMILES string of the molecule is CCCCc1nc(Cl)c(COC(=O)[C@@H](Cc2c[nH]c3ccccc23)N(C)C)n1Cc1ccc(-c2ccccc2-c2nn[nH]n2)cc1. The summed E-state index contributed by atoms with van der Waals surface area (Å²) in [5, 5.41) is 16.0. The summed E-state index contributed by atoms with van der Waals surface area (Å²) in [6.45, 7) is 2.73. The molecule has 11 heteroatoms.